The van der Waals surface area contributed by atoms with E-state index in [-0.39, 0.29) is 36.5 Å². The Morgan fingerprint density at radius 3 is 2.33 bits per heavy atom. The first-order chi connectivity index (χ1) is 9.78. The predicted octanol–water partition coefficient (Wildman–Crippen LogP) is 3.60. The van der Waals surface area contributed by atoms with Gasteiger partial charge in [0, 0.05) is 38.8 Å². The smallest absolute Gasteiger partial charge is 0.248 e. The first-order valence-corrected chi connectivity index (χ1v) is 7.80. The quantitative estimate of drug-likeness (QED) is 0.796. The van der Waals surface area contributed by atoms with Crippen LogP contribution >= 0.6 is 0 Å². The summed E-state index contributed by atoms with van der Waals surface area (Å²) in [5.74, 6) is -2.28. The molecule has 0 radical (unpaired) electrons. The van der Waals surface area contributed by atoms with E-state index in [1.165, 1.54) is 0 Å². The number of hydrogen-bond acceptors (Lipinski definition) is 2. The SMILES string of the molecule is CC(C)C1(CC#N)CCN(C(=O)CC2CC(F)(F)C2)CC1. The summed E-state index contributed by atoms with van der Waals surface area (Å²) in [6.45, 7) is 5.57. The van der Waals surface area contributed by atoms with Gasteiger partial charge < -0.3 is 4.90 Å². The lowest BCUT2D eigenvalue weighted by atomic mass is 9.68. The predicted molar refractivity (Wildman–Crippen MR) is 75.6 cm³/mol. The van der Waals surface area contributed by atoms with Crippen molar-refractivity contribution >= 4 is 5.91 Å². The van der Waals surface area contributed by atoms with Crippen LogP contribution in [0.1, 0.15) is 52.4 Å². The molecule has 0 bridgehead atoms. The van der Waals surface area contributed by atoms with Crippen LogP contribution in [0.3, 0.4) is 0 Å². The molecule has 0 aromatic rings. The van der Waals surface area contributed by atoms with Crippen LogP contribution in [0.5, 0.6) is 0 Å². The van der Waals surface area contributed by atoms with E-state index < -0.39 is 5.92 Å². The second-order valence-electron chi connectivity index (χ2n) is 7.07. The number of hydrogen-bond donors (Lipinski definition) is 0. The largest absolute Gasteiger partial charge is 0.343 e. The molecular formula is C16H24F2N2O. The Morgan fingerprint density at radius 2 is 1.90 bits per heavy atom. The van der Waals surface area contributed by atoms with Crippen molar-refractivity contribution in [2.45, 2.75) is 58.3 Å². The lowest BCUT2D eigenvalue weighted by molar-refractivity contribution is -0.144. The zero-order chi connectivity index (χ0) is 15.7. The second kappa shape index (κ2) is 5.90. The van der Waals surface area contributed by atoms with Gasteiger partial charge in [0.1, 0.15) is 0 Å². The van der Waals surface area contributed by atoms with Gasteiger partial charge in [-0.05, 0) is 30.1 Å². The van der Waals surface area contributed by atoms with Gasteiger partial charge in [-0.25, -0.2) is 8.78 Å². The Hall–Kier alpha value is -1.18. The number of carbonyl (C=O) groups excluding carboxylic acids is 1. The first kappa shape index (κ1) is 16.2. The highest BCUT2D eigenvalue weighted by atomic mass is 19.3. The second-order valence-corrected chi connectivity index (χ2v) is 7.07. The number of halogens is 2. The van der Waals surface area contributed by atoms with Crippen LogP contribution in [0.4, 0.5) is 8.78 Å². The Morgan fingerprint density at radius 1 is 1.33 bits per heavy atom. The Labute approximate surface area is 125 Å². The van der Waals surface area contributed by atoms with Crippen LogP contribution in [-0.4, -0.2) is 29.8 Å². The van der Waals surface area contributed by atoms with E-state index in [0.29, 0.717) is 25.4 Å². The molecule has 0 aromatic carbocycles. The molecule has 3 nitrogen and oxygen atoms in total. The summed E-state index contributed by atoms with van der Waals surface area (Å²) in [7, 11) is 0. The molecule has 0 N–H and O–H groups in total. The lowest BCUT2D eigenvalue weighted by Crippen LogP contribution is -2.46. The van der Waals surface area contributed by atoms with E-state index in [1.54, 1.807) is 4.90 Å². The highest BCUT2D eigenvalue weighted by Gasteiger charge is 2.46. The third kappa shape index (κ3) is 3.53. The summed E-state index contributed by atoms with van der Waals surface area (Å²) in [5.41, 5.74) is 0.00896. The van der Waals surface area contributed by atoms with Crippen molar-refractivity contribution in [2.75, 3.05) is 13.1 Å². The van der Waals surface area contributed by atoms with Crippen LogP contribution in [0.15, 0.2) is 0 Å². The molecule has 118 valence electrons. The van der Waals surface area contributed by atoms with Crippen LogP contribution < -0.4 is 0 Å². The minimum atomic E-state index is -2.55. The van der Waals surface area contributed by atoms with Gasteiger partial charge in [0.2, 0.25) is 11.8 Å². The number of piperidine rings is 1. The van der Waals surface area contributed by atoms with Crippen molar-refractivity contribution in [3.05, 3.63) is 0 Å². The van der Waals surface area contributed by atoms with Gasteiger partial charge >= 0.3 is 0 Å². The molecule has 1 amide bonds. The van der Waals surface area contributed by atoms with Crippen LogP contribution in [0.2, 0.25) is 0 Å². The molecule has 1 aliphatic heterocycles. The standard InChI is InChI=1S/C16H24F2N2O/c1-12(2)15(3-6-19)4-7-20(8-5-15)14(21)9-13-10-16(17,18)11-13/h12-13H,3-5,7-11H2,1-2H3. The molecule has 1 heterocycles. The average Bonchev–Trinajstić information content (AvgIpc) is 2.37. The highest BCUT2D eigenvalue weighted by molar-refractivity contribution is 5.76. The summed E-state index contributed by atoms with van der Waals surface area (Å²) in [6.07, 6.45) is 2.17. The normalized spacial score (nSPS) is 24.5. The van der Waals surface area contributed by atoms with Gasteiger partial charge in [-0.1, -0.05) is 13.8 Å². The summed E-state index contributed by atoms with van der Waals surface area (Å²) in [4.78, 5) is 14.0. The number of nitrogens with zero attached hydrogens (tertiary/aromatic N) is 2. The minimum absolute atomic E-state index is 0.00446. The molecule has 0 atom stereocenters. The summed E-state index contributed by atoms with van der Waals surface area (Å²) >= 11 is 0. The average molecular weight is 298 g/mol. The van der Waals surface area contributed by atoms with E-state index in [2.05, 4.69) is 19.9 Å². The van der Waals surface area contributed by atoms with Crippen LogP contribution in [-0.2, 0) is 4.79 Å². The molecule has 0 unspecified atom stereocenters. The maximum Gasteiger partial charge on any atom is 0.248 e. The zero-order valence-electron chi connectivity index (χ0n) is 12.9. The fraction of sp³-hybridized carbons (Fsp3) is 0.875. The molecule has 1 saturated heterocycles. The number of rotatable bonds is 4. The van der Waals surface area contributed by atoms with Crippen molar-refractivity contribution in [3.8, 4) is 6.07 Å². The Kier molecular flexibility index (Phi) is 4.55. The summed E-state index contributed by atoms with van der Waals surface area (Å²) < 4.78 is 25.6. The number of likely N-dealkylation sites (tertiary alicyclic amines) is 1. The molecule has 2 fully saturated rings. The molecule has 0 spiro atoms. The third-order valence-electron chi connectivity index (χ3n) is 5.41. The Bertz CT molecular complexity index is 426. The van der Waals surface area contributed by atoms with E-state index in [0.717, 1.165) is 12.8 Å². The number of amides is 1. The number of nitriles is 1. The van der Waals surface area contributed by atoms with Gasteiger partial charge in [0.25, 0.3) is 0 Å². The topological polar surface area (TPSA) is 44.1 Å². The highest BCUT2D eigenvalue weighted by Crippen LogP contribution is 2.45. The van der Waals surface area contributed by atoms with Crippen molar-refractivity contribution in [2.24, 2.45) is 17.3 Å². The van der Waals surface area contributed by atoms with Crippen molar-refractivity contribution in [3.63, 3.8) is 0 Å². The molecule has 21 heavy (non-hydrogen) atoms. The fourth-order valence-corrected chi connectivity index (χ4v) is 3.62. The van der Waals surface area contributed by atoms with Crippen molar-refractivity contribution < 1.29 is 13.6 Å². The fourth-order valence-electron chi connectivity index (χ4n) is 3.62. The summed E-state index contributed by atoms with van der Waals surface area (Å²) in [5, 5.41) is 9.01. The van der Waals surface area contributed by atoms with Gasteiger partial charge in [-0.3, -0.25) is 4.79 Å². The molecule has 5 heteroatoms. The lowest BCUT2D eigenvalue weighted by Gasteiger charge is -2.44. The zero-order valence-corrected chi connectivity index (χ0v) is 12.9. The van der Waals surface area contributed by atoms with Gasteiger partial charge in [0.15, 0.2) is 0 Å². The van der Waals surface area contributed by atoms with Gasteiger partial charge in [-0.2, -0.15) is 5.26 Å². The van der Waals surface area contributed by atoms with E-state index in [9.17, 15) is 13.6 Å². The summed E-state index contributed by atoms with van der Waals surface area (Å²) in [6, 6.07) is 2.28. The number of carbonyl (C=O) groups is 1. The third-order valence-corrected chi connectivity index (χ3v) is 5.41. The van der Waals surface area contributed by atoms with Crippen molar-refractivity contribution in [1.29, 1.82) is 5.26 Å². The minimum Gasteiger partial charge on any atom is -0.343 e. The first-order valence-electron chi connectivity index (χ1n) is 7.80. The monoisotopic (exact) mass is 298 g/mol. The van der Waals surface area contributed by atoms with Crippen LogP contribution in [0, 0.1) is 28.6 Å². The van der Waals surface area contributed by atoms with E-state index in [4.69, 9.17) is 5.26 Å². The molecular weight excluding hydrogens is 274 g/mol. The number of alkyl halides is 2. The molecule has 1 saturated carbocycles. The Balaban J connectivity index is 1.83. The van der Waals surface area contributed by atoms with Gasteiger partial charge in [0.05, 0.1) is 6.07 Å². The molecule has 0 aromatic heterocycles. The molecule has 2 rings (SSSR count). The molecule has 1 aliphatic carbocycles. The van der Waals surface area contributed by atoms with E-state index >= 15 is 0 Å². The van der Waals surface area contributed by atoms with Gasteiger partial charge in [-0.15, -0.1) is 0 Å². The maximum atomic E-state index is 12.8. The molecule has 2 aliphatic rings. The maximum absolute atomic E-state index is 12.8. The van der Waals surface area contributed by atoms with Crippen LogP contribution in [0.25, 0.3) is 0 Å². The van der Waals surface area contributed by atoms with E-state index in [1.807, 2.05) is 0 Å². The van der Waals surface area contributed by atoms with Crippen molar-refractivity contribution in [1.82, 2.24) is 4.90 Å².